The maximum Gasteiger partial charge on any atom is 0.275 e. The van der Waals surface area contributed by atoms with Gasteiger partial charge in [-0.05, 0) is 23.8 Å². The van der Waals surface area contributed by atoms with Crippen LogP contribution in [0.5, 0.6) is 0 Å². The van der Waals surface area contributed by atoms with Crippen molar-refractivity contribution in [2.45, 2.75) is 5.75 Å². The molecular weight excluding hydrogens is 342 g/mol. The number of nitriles is 1. The third-order valence-corrected chi connectivity index (χ3v) is 4.02. The molecule has 118 valence electrons. The molecule has 0 fully saturated rings. The SMILES string of the molecule is N#C/C(=C/c1ccco1)C(=O)NS(=O)(=O)Cc1ccc(Cl)nc1. The van der Waals surface area contributed by atoms with Gasteiger partial charge in [0.15, 0.2) is 0 Å². The maximum absolute atomic E-state index is 12.0. The highest BCUT2D eigenvalue weighted by Gasteiger charge is 2.19. The summed E-state index contributed by atoms with van der Waals surface area (Å²) in [5.41, 5.74) is -0.0408. The summed E-state index contributed by atoms with van der Waals surface area (Å²) in [5.74, 6) is -1.25. The zero-order valence-corrected chi connectivity index (χ0v) is 13.1. The van der Waals surface area contributed by atoms with E-state index in [1.54, 1.807) is 12.1 Å². The number of hydrogen-bond donors (Lipinski definition) is 1. The molecule has 23 heavy (non-hydrogen) atoms. The largest absolute Gasteiger partial charge is 0.465 e. The van der Waals surface area contributed by atoms with E-state index in [4.69, 9.17) is 21.3 Å². The van der Waals surface area contributed by atoms with Crippen molar-refractivity contribution in [3.05, 3.63) is 58.8 Å². The minimum Gasteiger partial charge on any atom is -0.465 e. The van der Waals surface area contributed by atoms with Gasteiger partial charge in [-0.1, -0.05) is 17.7 Å². The lowest BCUT2D eigenvalue weighted by Crippen LogP contribution is -2.32. The van der Waals surface area contributed by atoms with Crippen LogP contribution in [0.2, 0.25) is 5.15 Å². The average Bonchev–Trinajstić information content (AvgIpc) is 2.99. The molecule has 2 aromatic rings. The zero-order chi connectivity index (χ0) is 16.9. The van der Waals surface area contributed by atoms with E-state index in [0.29, 0.717) is 5.56 Å². The van der Waals surface area contributed by atoms with Gasteiger partial charge in [-0.25, -0.2) is 18.1 Å². The van der Waals surface area contributed by atoms with Crippen molar-refractivity contribution in [1.82, 2.24) is 9.71 Å². The smallest absolute Gasteiger partial charge is 0.275 e. The van der Waals surface area contributed by atoms with Crippen molar-refractivity contribution in [1.29, 1.82) is 5.26 Å². The van der Waals surface area contributed by atoms with Crippen molar-refractivity contribution < 1.29 is 17.6 Å². The minimum absolute atomic E-state index is 0.225. The summed E-state index contributed by atoms with van der Waals surface area (Å²) in [6.07, 6.45) is 3.80. The highest BCUT2D eigenvalue weighted by molar-refractivity contribution is 7.89. The first-order valence-electron chi connectivity index (χ1n) is 6.20. The Hall–Kier alpha value is -2.63. The summed E-state index contributed by atoms with van der Waals surface area (Å²) in [6, 6.07) is 7.64. The molecule has 0 atom stereocenters. The molecule has 0 aromatic carbocycles. The molecule has 9 heteroatoms. The number of nitrogens with one attached hydrogen (secondary N) is 1. The number of sulfonamides is 1. The van der Waals surface area contributed by atoms with E-state index in [9.17, 15) is 13.2 Å². The molecule has 0 aliphatic heterocycles. The van der Waals surface area contributed by atoms with E-state index in [0.717, 1.165) is 6.08 Å². The fourth-order valence-electron chi connectivity index (χ4n) is 1.61. The standard InChI is InChI=1S/C14H10ClN3O4S/c15-13-4-3-10(8-17-13)9-23(20,21)18-14(19)11(7-16)6-12-2-1-5-22-12/h1-6,8H,9H2,(H,18,19)/b11-6-. The number of pyridine rings is 1. The van der Waals surface area contributed by atoms with E-state index in [-0.39, 0.29) is 10.9 Å². The van der Waals surface area contributed by atoms with Crippen LogP contribution < -0.4 is 4.72 Å². The molecule has 0 radical (unpaired) electrons. The first-order valence-corrected chi connectivity index (χ1v) is 8.23. The van der Waals surface area contributed by atoms with Crippen LogP contribution in [0.1, 0.15) is 11.3 Å². The summed E-state index contributed by atoms with van der Waals surface area (Å²) in [4.78, 5) is 15.7. The lowest BCUT2D eigenvalue weighted by Gasteiger charge is -2.06. The fourth-order valence-corrected chi connectivity index (χ4v) is 2.79. The molecule has 0 bridgehead atoms. The second-order valence-corrected chi connectivity index (χ2v) is 6.47. The summed E-state index contributed by atoms with van der Waals surface area (Å²) >= 11 is 5.61. The molecule has 1 N–H and O–H groups in total. The predicted molar refractivity (Wildman–Crippen MR) is 82.3 cm³/mol. The number of carbonyl (C=O) groups excluding carboxylic acids is 1. The van der Waals surface area contributed by atoms with Crippen LogP contribution in [0.15, 0.2) is 46.7 Å². The molecular formula is C14H10ClN3O4S. The van der Waals surface area contributed by atoms with Crippen molar-refractivity contribution in [2.75, 3.05) is 0 Å². The number of furan rings is 1. The van der Waals surface area contributed by atoms with Gasteiger partial charge < -0.3 is 4.42 Å². The molecule has 2 heterocycles. The molecule has 0 saturated carbocycles. The van der Waals surface area contributed by atoms with Crippen LogP contribution in [-0.4, -0.2) is 19.3 Å². The number of amides is 1. The molecule has 0 unspecified atom stereocenters. The van der Waals surface area contributed by atoms with Gasteiger partial charge in [0.05, 0.1) is 12.0 Å². The second kappa shape index (κ2) is 7.09. The quantitative estimate of drug-likeness (QED) is 0.500. The Kier molecular flexibility index (Phi) is 5.16. The third kappa shape index (κ3) is 4.95. The lowest BCUT2D eigenvalue weighted by atomic mass is 10.2. The summed E-state index contributed by atoms with van der Waals surface area (Å²) in [6.45, 7) is 0. The van der Waals surface area contributed by atoms with Gasteiger partial charge in [0.2, 0.25) is 10.0 Å². The van der Waals surface area contributed by atoms with Crippen molar-refractivity contribution >= 4 is 33.6 Å². The molecule has 0 aliphatic rings. The molecule has 1 amide bonds. The molecule has 0 saturated heterocycles. The topological polar surface area (TPSA) is 113 Å². The fraction of sp³-hybridized carbons (Fsp3) is 0.0714. The molecule has 0 spiro atoms. The Morgan fingerprint density at radius 3 is 2.78 bits per heavy atom. The monoisotopic (exact) mass is 351 g/mol. The van der Waals surface area contributed by atoms with Gasteiger partial charge in [-0.3, -0.25) is 4.79 Å². The van der Waals surface area contributed by atoms with Crippen molar-refractivity contribution in [3.63, 3.8) is 0 Å². The lowest BCUT2D eigenvalue weighted by molar-refractivity contribution is -0.115. The van der Waals surface area contributed by atoms with E-state index in [2.05, 4.69) is 4.98 Å². The van der Waals surface area contributed by atoms with E-state index < -0.39 is 27.3 Å². The van der Waals surface area contributed by atoms with Crippen LogP contribution >= 0.6 is 11.6 Å². The normalized spacial score (nSPS) is 11.7. The van der Waals surface area contributed by atoms with E-state index in [1.165, 1.54) is 30.7 Å². The second-order valence-electron chi connectivity index (χ2n) is 4.36. The molecule has 2 rings (SSSR count). The summed E-state index contributed by atoms with van der Waals surface area (Å²) in [5, 5.41) is 9.20. The molecule has 7 nitrogen and oxygen atoms in total. The number of nitrogens with zero attached hydrogens (tertiary/aromatic N) is 2. The van der Waals surface area contributed by atoms with Gasteiger partial charge in [0.25, 0.3) is 5.91 Å². The zero-order valence-electron chi connectivity index (χ0n) is 11.6. The summed E-state index contributed by atoms with van der Waals surface area (Å²) < 4.78 is 30.7. The Bertz CT molecular complexity index is 866. The highest BCUT2D eigenvalue weighted by Crippen LogP contribution is 2.10. The predicted octanol–water partition coefficient (Wildman–Crippen LogP) is 1.88. The third-order valence-electron chi connectivity index (χ3n) is 2.59. The van der Waals surface area contributed by atoms with Gasteiger partial charge in [-0.2, -0.15) is 5.26 Å². The number of rotatable bonds is 5. The van der Waals surface area contributed by atoms with Crippen LogP contribution in [0.25, 0.3) is 6.08 Å². The van der Waals surface area contributed by atoms with Crippen LogP contribution in [0, 0.1) is 11.3 Å². The highest BCUT2D eigenvalue weighted by atomic mass is 35.5. The van der Waals surface area contributed by atoms with Crippen LogP contribution in [0.4, 0.5) is 0 Å². The van der Waals surface area contributed by atoms with Crippen LogP contribution in [0.3, 0.4) is 0 Å². The molecule has 2 aromatic heterocycles. The first-order chi connectivity index (χ1) is 10.9. The van der Waals surface area contributed by atoms with Crippen molar-refractivity contribution in [2.24, 2.45) is 0 Å². The van der Waals surface area contributed by atoms with Crippen molar-refractivity contribution in [3.8, 4) is 6.07 Å². The van der Waals surface area contributed by atoms with Crippen LogP contribution in [-0.2, 0) is 20.6 Å². The number of hydrogen-bond acceptors (Lipinski definition) is 6. The average molecular weight is 352 g/mol. The number of halogens is 1. The van der Waals surface area contributed by atoms with Gasteiger partial charge >= 0.3 is 0 Å². The molecule has 0 aliphatic carbocycles. The summed E-state index contributed by atoms with van der Waals surface area (Å²) in [7, 11) is -3.99. The maximum atomic E-state index is 12.0. The number of aromatic nitrogens is 1. The Labute approximate surface area is 137 Å². The van der Waals surface area contributed by atoms with Gasteiger partial charge in [0.1, 0.15) is 22.6 Å². The first kappa shape index (κ1) is 16.7. The Morgan fingerprint density at radius 2 is 2.22 bits per heavy atom. The van der Waals surface area contributed by atoms with E-state index in [1.807, 2.05) is 4.72 Å². The Balaban J connectivity index is 2.11. The van der Waals surface area contributed by atoms with Gasteiger partial charge in [0, 0.05) is 12.3 Å². The number of carbonyl (C=O) groups is 1. The van der Waals surface area contributed by atoms with E-state index >= 15 is 0 Å². The van der Waals surface area contributed by atoms with Gasteiger partial charge in [-0.15, -0.1) is 0 Å². The Morgan fingerprint density at radius 1 is 1.43 bits per heavy atom. The minimum atomic E-state index is -3.99.